The van der Waals surface area contributed by atoms with Crippen molar-refractivity contribution < 1.29 is 28.6 Å². The molecule has 1 unspecified atom stereocenters. The van der Waals surface area contributed by atoms with Gasteiger partial charge in [0, 0.05) is 19.3 Å². The monoisotopic (exact) mass is 869 g/mol. The van der Waals surface area contributed by atoms with Crippen molar-refractivity contribution in [3.8, 4) is 0 Å². The van der Waals surface area contributed by atoms with Crippen LogP contribution in [0.2, 0.25) is 0 Å². The standard InChI is InChI=1S/C57H88O6/c1-4-7-10-13-16-19-22-25-27-29-31-32-35-38-41-44-47-50-56(59)62-53-54(52-61-55(58)49-46-43-40-37-34-24-21-18-15-12-9-6-3)63-57(60)51-48-45-42-39-36-33-30-28-26-23-20-17-14-11-8-5-2/h7-12,16-21,25-28,31-33,36,38,41,54H,4-6,13-15,22-24,29-30,34-35,37,39-40,42-53H2,1-3H3/b10-7-,11-8-,12-9-,19-16-,20-17-,21-18-,27-25-,28-26-,32-31-,36-33-,41-38-. The number of ether oxygens (including phenoxy) is 3. The average Bonchev–Trinajstić information content (AvgIpc) is 3.28. The van der Waals surface area contributed by atoms with Crippen molar-refractivity contribution >= 4 is 17.9 Å². The molecule has 352 valence electrons. The normalized spacial score (nSPS) is 13.3. The summed E-state index contributed by atoms with van der Waals surface area (Å²) in [6.45, 7) is 6.18. The summed E-state index contributed by atoms with van der Waals surface area (Å²) in [6, 6.07) is 0. The summed E-state index contributed by atoms with van der Waals surface area (Å²) in [7, 11) is 0. The van der Waals surface area contributed by atoms with E-state index in [-0.39, 0.29) is 44.0 Å². The number of rotatable bonds is 42. The molecule has 6 heteroatoms. The highest BCUT2D eigenvalue weighted by atomic mass is 16.6. The first-order valence-electron chi connectivity index (χ1n) is 24.7. The maximum absolute atomic E-state index is 12.8. The van der Waals surface area contributed by atoms with Gasteiger partial charge in [-0.05, 0) is 122 Å². The highest BCUT2D eigenvalue weighted by Crippen LogP contribution is 2.11. The number of esters is 3. The number of allylic oxidation sites excluding steroid dienone is 22. The zero-order valence-electron chi connectivity index (χ0n) is 40.0. The van der Waals surface area contributed by atoms with Crippen LogP contribution in [-0.2, 0) is 28.6 Å². The fraction of sp³-hybridized carbons (Fsp3) is 0.561. The maximum Gasteiger partial charge on any atom is 0.306 e. The van der Waals surface area contributed by atoms with Crippen LogP contribution in [0, 0.1) is 0 Å². The van der Waals surface area contributed by atoms with E-state index in [1.807, 2.05) is 0 Å². The minimum absolute atomic E-state index is 0.122. The Kier molecular flexibility index (Phi) is 46.7. The van der Waals surface area contributed by atoms with Crippen molar-refractivity contribution in [2.24, 2.45) is 0 Å². The molecule has 0 heterocycles. The average molecular weight is 869 g/mol. The molecule has 0 fully saturated rings. The summed E-state index contributed by atoms with van der Waals surface area (Å²) in [5.74, 6) is -1.04. The van der Waals surface area contributed by atoms with E-state index in [2.05, 4.69) is 154 Å². The molecule has 0 saturated heterocycles. The van der Waals surface area contributed by atoms with E-state index in [1.54, 1.807) is 0 Å². The summed E-state index contributed by atoms with van der Waals surface area (Å²) in [5, 5.41) is 0. The lowest BCUT2D eigenvalue weighted by molar-refractivity contribution is -0.167. The minimum Gasteiger partial charge on any atom is -0.462 e. The lowest BCUT2D eigenvalue weighted by atomic mass is 10.1. The van der Waals surface area contributed by atoms with Crippen molar-refractivity contribution in [1.82, 2.24) is 0 Å². The van der Waals surface area contributed by atoms with Gasteiger partial charge in [-0.3, -0.25) is 14.4 Å². The highest BCUT2D eigenvalue weighted by molar-refractivity contribution is 5.71. The van der Waals surface area contributed by atoms with E-state index in [9.17, 15) is 14.4 Å². The first kappa shape index (κ1) is 58.6. The van der Waals surface area contributed by atoms with Gasteiger partial charge in [0.05, 0.1) is 0 Å². The molecule has 0 bridgehead atoms. The molecule has 6 nitrogen and oxygen atoms in total. The van der Waals surface area contributed by atoms with Crippen molar-refractivity contribution in [3.05, 3.63) is 134 Å². The van der Waals surface area contributed by atoms with E-state index in [1.165, 1.54) is 0 Å². The Morgan fingerprint density at radius 2 is 0.587 bits per heavy atom. The van der Waals surface area contributed by atoms with Crippen LogP contribution in [0.25, 0.3) is 0 Å². The van der Waals surface area contributed by atoms with Crippen LogP contribution < -0.4 is 0 Å². The molecule has 0 aliphatic rings. The minimum atomic E-state index is -0.828. The van der Waals surface area contributed by atoms with Gasteiger partial charge in [-0.2, -0.15) is 0 Å². The second kappa shape index (κ2) is 50.2. The summed E-state index contributed by atoms with van der Waals surface area (Å²) in [6.07, 6.45) is 70.1. The topological polar surface area (TPSA) is 78.9 Å². The molecule has 0 aromatic rings. The maximum atomic E-state index is 12.8. The van der Waals surface area contributed by atoms with Crippen LogP contribution in [0.5, 0.6) is 0 Å². The third kappa shape index (κ3) is 48.4. The molecule has 0 N–H and O–H groups in total. The Morgan fingerprint density at radius 3 is 0.968 bits per heavy atom. The van der Waals surface area contributed by atoms with Crippen LogP contribution in [0.1, 0.15) is 188 Å². The van der Waals surface area contributed by atoms with Gasteiger partial charge in [-0.15, -0.1) is 0 Å². The molecule has 0 aliphatic carbocycles. The molecule has 0 aliphatic heterocycles. The number of carbonyl (C=O) groups excluding carboxylic acids is 3. The Balaban J connectivity index is 4.58. The van der Waals surface area contributed by atoms with E-state index in [0.29, 0.717) is 19.3 Å². The smallest absolute Gasteiger partial charge is 0.306 e. The molecule has 0 amide bonds. The van der Waals surface area contributed by atoms with E-state index >= 15 is 0 Å². The van der Waals surface area contributed by atoms with Gasteiger partial charge in [0.15, 0.2) is 6.10 Å². The van der Waals surface area contributed by atoms with Gasteiger partial charge in [0.25, 0.3) is 0 Å². The van der Waals surface area contributed by atoms with Gasteiger partial charge in [-0.1, -0.05) is 180 Å². The Labute approximate surface area is 385 Å². The number of carbonyl (C=O) groups is 3. The van der Waals surface area contributed by atoms with Gasteiger partial charge < -0.3 is 14.2 Å². The van der Waals surface area contributed by atoms with Crippen LogP contribution >= 0.6 is 0 Å². The van der Waals surface area contributed by atoms with Crippen LogP contribution in [0.4, 0.5) is 0 Å². The number of unbranched alkanes of at least 4 members (excludes halogenated alkanes) is 9. The molecule has 0 saturated carbocycles. The van der Waals surface area contributed by atoms with Gasteiger partial charge >= 0.3 is 17.9 Å². The van der Waals surface area contributed by atoms with Crippen molar-refractivity contribution in [2.75, 3.05) is 13.2 Å². The highest BCUT2D eigenvalue weighted by Gasteiger charge is 2.19. The second-order valence-corrected chi connectivity index (χ2v) is 15.6. The largest absolute Gasteiger partial charge is 0.462 e. The first-order valence-corrected chi connectivity index (χ1v) is 24.7. The molecule has 0 rings (SSSR count). The molecular formula is C57H88O6. The lowest BCUT2D eigenvalue weighted by Gasteiger charge is -2.18. The van der Waals surface area contributed by atoms with Crippen molar-refractivity contribution in [1.29, 1.82) is 0 Å². The molecule has 0 aromatic carbocycles. The Morgan fingerprint density at radius 1 is 0.317 bits per heavy atom. The third-order valence-electron chi connectivity index (χ3n) is 9.63. The summed E-state index contributed by atoms with van der Waals surface area (Å²) >= 11 is 0. The molecular weight excluding hydrogens is 781 g/mol. The number of hydrogen-bond donors (Lipinski definition) is 0. The van der Waals surface area contributed by atoms with Crippen molar-refractivity contribution in [2.45, 2.75) is 194 Å². The predicted molar refractivity (Wildman–Crippen MR) is 269 cm³/mol. The van der Waals surface area contributed by atoms with Gasteiger partial charge in [0.1, 0.15) is 13.2 Å². The third-order valence-corrected chi connectivity index (χ3v) is 9.63. The molecule has 0 spiro atoms. The summed E-state index contributed by atoms with van der Waals surface area (Å²) in [4.78, 5) is 37.9. The predicted octanol–water partition coefficient (Wildman–Crippen LogP) is 16.3. The van der Waals surface area contributed by atoms with E-state index in [0.717, 1.165) is 135 Å². The molecule has 63 heavy (non-hydrogen) atoms. The van der Waals surface area contributed by atoms with Crippen LogP contribution in [-0.4, -0.2) is 37.2 Å². The van der Waals surface area contributed by atoms with Gasteiger partial charge in [0.2, 0.25) is 0 Å². The van der Waals surface area contributed by atoms with E-state index < -0.39 is 6.10 Å². The molecule has 1 atom stereocenters. The molecule has 0 radical (unpaired) electrons. The zero-order valence-corrected chi connectivity index (χ0v) is 40.0. The van der Waals surface area contributed by atoms with Crippen LogP contribution in [0.15, 0.2) is 134 Å². The van der Waals surface area contributed by atoms with Crippen LogP contribution in [0.3, 0.4) is 0 Å². The molecule has 0 aromatic heterocycles. The fourth-order valence-electron chi connectivity index (χ4n) is 6.03. The first-order chi connectivity index (χ1) is 31.0. The fourth-order valence-corrected chi connectivity index (χ4v) is 6.03. The van der Waals surface area contributed by atoms with Crippen molar-refractivity contribution in [3.63, 3.8) is 0 Å². The lowest BCUT2D eigenvalue weighted by Crippen LogP contribution is -2.30. The van der Waals surface area contributed by atoms with Gasteiger partial charge in [-0.25, -0.2) is 0 Å². The summed E-state index contributed by atoms with van der Waals surface area (Å²) < 4.78 is 16.7. The second-order valence-electron chi connectivity index (χ2n) is 15.6. The van der Waals surface area contributed by atoms with E-state index in [4.69, 9.17) is 14.2 Å². The summed E-state index contributed by atoms with van der Waals surface area (Å²) in [5.41, 5.74) is 0. The quantitative estimate of drug-likeness (QED) is 0.0263. The number of hydrogen-bond acceptors (Lipinski definition) is 6. The SMILES string of the molecule is CC/C=C\C/C=C\C/C=C\C/C=C\C/C=C\CCCC(=O)OCC(COC(=O)CCCCCCC/C=C\C/C=C\CC)OC(=O)CCCCC/C=C\C/C=C\C/C=C\C/C=C\CC. The zero-order chi connectivity index (χ0) is 45.8. The Bertz CT molecular complexity index is 1420. The Hall–Kier alpha value is -4.45.